The van der Waals surface area contributed by atoms with Crippen LogP contribution in [0.1, 0.15) is 5.69 Å². The normalized spacial score (nSPS) is 11.3. The van der Waals surface area contributed by atoms with Crippen molar-refractivity contribution in [3.05, 3.63) is 169 Å². The van der Waals surface area contributed by atoms with Gasteiger partial charge in [-0.05, 0) is 88.8 Å². The van der Waals surface area contributed by atoms with Crippen molar-refractivity contribution < 1.29 is 0 Å². The average Bonchev–Trinajstić information content (AvgIpc) is 3.43. The zero-order chi connectivity index (χ0) is 29.5. The third kappa shape index (κ3) is 4.67. The average molecular weight is 563 g/mol. The lowest BCUT2D eigenvalue weighted by Crippen LogP contribution is -1.92. The minimum absolute atomic E-state index is 1.00. The monoisotopic (exact) mass is 562 g/mol. The van der Waals surface area contributed by atoms with Gasteiger partial charge in [0.1, 0.15) is 0 Å². The lowest BCUT2D eigenvalue weighted by molar-refractivity contribution is 1.18. The number of benzene rings is 6. The molecule has 44 heavy (non-hydrogen) atoms. The number of nitrogens with zero attached hydrogens (tertiary/aromatic N) is 2. The van der Waals surface area contributed by atoms with Crippen LogP contribution in [0, 0.1) is 6.92 Å². The Morgan fingerprint density at radius 3 is 1.64 bits per heavy atom. The second kappa shape index (κ2) is 10.8. The first kappa shape index (κ1) is 25.9. The highest BCUT2D eigenvalue weighted by Gasteiger charge is 2.13. The summed E-state index contributed by atoms with van der Waals surface area (Å²) in [4.78, 5) is 4.70. The van der Waals surface area contributed by atoms with Gasteiger partial charge in [0, 0.05) is 27.7 Å². The Morgan fingerprint density at radius 1 is 0.386 bits per heavy atom. The van der Waals surface area contributed by atoms with E-state index >= 15 is 0 Å². The van der Waals surface area contributed by atoms with Gasteiger partial charge in [-0.15, -0.1) is 0 Å². The van der Waals surface area contributed by atoms with E-state index < -0.39 is 0 Å². The lowest BCUT2D eigenvalue weighted by Gasteiger charge is -2.09. The number of aryl methyl sites for hydroxylation is 1. The van der Waals surface area contributed by atoms with E-state index in [-0.39, 0.29) is 0 Å². The van der Waals surface area contributed by atoms with Crippen molar-refractivity contribution >= 4 is 21.8 Å². The molecule has 208 valence electrons. The first-order valence-electron chi connectivity index (χ1n) is 15.1. The second-order valence-corrected chi connectivity index (χ2v) is 11.3. The van der Waals surface area contributed by atoms with Crippen molar-refractivity contribution in [1.29, 1.82) is 0 Å². The molecule has 0 aliphatic heterocycles. The molecule has 0 saturated heterocycles. The van der Waals surface area contributed by atoms with E-state index in [1.54, 1.807) is 0 Å². The molecule has 6 aromatic carbocycles. The Morgan fingerprint density at radius 2 is 0.932 bits per heavy atom. The first-order chi connectivity index (χ1) is 21.7. The Balaban J connectivity index is 1.09. The highest BCUT2D eigenvalue weighted by atomic mass is 15.0. The van der Waals surface area contributed by atoms with Crippen LogP contribution in [0.5, 0.6) is 0 Å². The molecule has 2 heterocycles. The summed E-state index contributed by atoms with van der Waals surface area (Å²) < 4.78 is 2.36. The van der Waals surface area contributed by atoms with Crippen molar-refractivity contribution in [1.82, 2.24) is 9.55 Å². The van der Waals surface area contributed by atoms with Gasteiger partial charge in [-0.1, -0.05) is 115 Å². The Hall–Kier alpha value is -5.73. The van der Waals surface area contributed by atoms with Crippen LogP contribution in [0.3, 0.4) is 0 Å². The van der Waals surface area contributed by atoms with E-state index in [0.29, 0.717) is 0 Å². The molecule has 2 aromatic heterocycles. The predicted octanol–water partition coefficient (Wildman–Crippen LogP) is 11.2. The van der Waals surface area contributed by atoms with Crippen LogP contribution in [0.25, 0.3) is 72.1 Å². The number of aromatic nitrogens is 2. The number of fused-ring (bicyclic) bond motifs is 3. The van der Waals surface area contributed by atoms with E-state index in [4.69, 9.17) is 4.98 Å². The van der Waals surface area contributed by atoms with Gasteiger partial charge in [-0.2, -0.15) is 0 Å². The Bertz CT molecular complexity index is 2260. The zero-order valence-corrected chi connectivity index (χ0v) is 24.5. The van der Waals surface area contributed by atoms with Gasteiger partial charge < -0.3 is 4.57 Å². The number of pyridine rings is 1. The fourth-order valence-corrected chi connectivity index (χ4v) is 6.28. The summed E-state index contributed by atoms with van der Waals surface area (Å²) in [6, 6.07) is 58.7. The highest BCUT2D eigenvalue weighted by Crippen LogP contribution is 2.35. The summed E-state index contributed by atoms with van der Waals surface area (Å²) in [5.74, 6) is 0. The van der Waals surface area contributed by atoms with Crippen LogP contribution in [0.2, 0.25) is 0 Å². The van der Waals surface area contributed by atoms with Crippen molar-refractivity contribution in [2.24, 2.45) is 0 Å². The maximum Gasteiger partial charge on any atom is 0.0705 e. The van der Waals surface area contributed by atoms with E-state index in [1.165, 1.54) is 60.9 Å². The number of rotatable bonds is 5. The third-order valence-corrected chi connectivity index (χ3v) is 8.50. The van der Waals surface area contributed by atoms with Crippen LogP contribution >= 0.6 is 0 Å². The highest BCUT2D eigenvalue weighted by molar-refractivity contribution is 6.10. The van der Waals surface area contributed by atoms with Gasteiger partial charge in [0.2, 0.25) is 0 Å². The van der Waals surface area contributed by atoms with E-state index in [2.05, 4.69) is 162 Å². The van der Waals surface area contributed by atoms with E-state index in [1.807, 2.05) is 13.0 Å². The summed E-state index contributed by atoms with van der Waals surface area (Å²) in [6.45, 7) is 2.03. The van der Waals surface area contributed by atoms with Gasteiger partial charge in [0.15, 0.2) is 0 Å². The van der Waals surface area contributed by atoms with Gasteiger partial charge in [-0.25, -0.2) is 0 Å². The minimum Gasteiger partial charge on any atom is -0.309 e. The maximum absolute atomic E-state index is 4.70. The molecular weight excluding hydrogens is 532 g/mol. The largest absolute Gasteiger partial charge is 0.309 e. The van der Waals surface area contributed by atoms with E-state index in [9.17, 15) is 0 Å². The second-order valence-electron chi connectivity index (χ2n) is 11.3. The van der Waals surface area contributed by atoms with Crippen molar-refractivity contribution in [3.8, 4) is 50.3 Å². The summed E-state index contributed by atoms with van der Waals surface area (Å²) in [7, 11) is 0. The quantitative estimate of drug-likeness (QED) is 0.204. The molecule has 0 aliphatic carbocycles. The molecule has 2 heteroatoms. The number of hydrogen-bond acceptors (Lipinski definition) is 1. The van der Waals surface area contributed by atoms with Gasteiger partial charge >= 0.3 is 0 Å². The molecule has 0 saturated carbocycles. The van der Waals surface area contributed by atoms with Crippen LogP contribution in [0.4, 0.5) is 0 Å². The molecule has 0 bridgehead atoms. The minimum atomic E-state index is 1.00. The first-order valence-corrected chi connectivity index (χ1v) is 15.1. The third-order valence-electron chi connectivity index (χ3n) is 8.50. The van der Waals surface area contributed by atoms with Gasteiger partial charge in [0.25, 0.3) is 0 Å². The van der Waals surface area contributed by atoms with Crippen LogP contribution in [-0.4, -0.2) is 9.55 Å². The number of para-hydroxylation sites is 2. The summed E-state index contributed by atoms with van der Waals surface area (Å²) in [5, 5.41) is 2.54. The van der Waals surface area contributed by atoms with Gasteiger partial charge in [-0.3, -0.25) is 4.98 Å². The zero-order valence-electron chi connectivity index (χ0n) is 24.5. The van der Waals surface area contributed by atoms with Crippen molar-refractivity contribution in [2.45, 2.75) is 6.92 Å². The molecule has 0 N–H and O–H groups in total. The molecule has 0 fully saturated rings. The molecule has 0 amide bonds. The molecule has 2 nitrogen and oxygen atoms in total. The van der Waals surface area contributed by atoms with Crippen molar-refractivity contribution in [3.63, 3.8) is 0 Å². The van der Waals surface area contributed by atoms with E-state index in [0.717, 1.165) is 17.0 Å². The topological polar surface area (TPSA) is 17.8 Å². The maximum atomic E-state index is 4.70. The smallest absolute Gasteiger partial charge is 0.0705 e. The summed E-state index contributed by atoms with van der Waals surface area (Å²) in [5.41, 5.74) is 14.0. The molecule has 0 aliphatic rings. The standard InChI is InChI=1S/C42H30N2/c1-29-9-7-15-40(43-29)36-11-8-10-34(27-36)32-21-17-30(18-22-32)31-19-23-33(24-20-31)35-25-26-42-39(28-35)38-14-5-6-16-41(38)44(42)37-12-3-2-4-13-37/h2-28H,1H3. The number of hydrogen-bond donors (Lipinski definition) is 0. The molecule has 8 rings (SSSR count). The van der Waals surface area contributed by atoms with Crippen LogP contribution in [-0.2, 0) is 0 Å². The van der Waals surface area contributed by atoms with Crippen molar-refractivity contribution in [2.75, 3.05) is 0 Å². The molecule has 8 aromatic rings. The molecule has 0 atom stereocenters. The summed E-state index contributed by atoms with van der Waals surface area (Å²) >= 11 is 0. The Labute approximate surface area is 257 Å². The molecule has 0 spiro atoms. The fourth-order valence-electron chi connectivity index (χ4n) is 6.28. The SMILES string of the molecule is Cc1cccc(-c2cccc(-c3ccc(-c4ccc(-c5ccc6c(c5)c5ccccc5n6-c5ccccc5)cc4)cc3)c2)n1. The van der Waals surface area contributed by atoms with Crippen LogP contribution < -0.4 is 0 Å². The van der Waals surface area contributed by atoms with Crippen LogP contribution in [0.15, 0.2) is 164 Å². The lowest BCUT2D eigenvalue weighted by atomic mass is 9.96. The fraction of sp³-hybridized carbons (Fsp3) is 0.0238. The summed E-state index contributed by atoms with van der Waals surface area (Å²) in [6.07, 6.45) is 0. The predicted molar refractivity (Wildman–Crippen MR) is 185 cm³/mol. The molecule has 0 unspecified atom stereocenters. The molecular formula is C42H30N2. The molecule has 0 radical (unpaired) electrons. The Kier molecular flexibility index (Phi) is 6.39. The van der Waals surface area contributed by atoms with Gasteiger partial charge in [0.05, 0.1) is 16.7 Å².